The molecule has 1 unspecified atom stereocenters. The van der Waals surface area contributed by atoms with Gasteiger partial charge in [-0.1, -0.05) is 11.9 Å². The second kappa shape index (κ2) is 5.31. The van der Waals surface area contributed by atoms with Gasteiger partial charge in [0.25, 0.3) is 0 Å². The van der Waals surface area contributed by atoms with Crippen LogP contribution >= 0.6 is 11.9 Å². The first-order chi connectivity index (χ1) is 8.71. The highest BCUT2D eigenvalue weighted by Gasteiger charge is 2.43. The Morgan fingerprint density at radius 2 is 1.78 bits per heavy atom. The summed E-state index contributed by atoms with van der Waals surface area (Å²) >= 11 is 1.93. The van der Waals surface area contributed by atoms with E-state index in [-0.39, 0.29) is 0 Å². The molecule has 104 valence electrons. The van der Waals surface area contributed by atoms with Crippen LogP contribution in [-0.4, -0.2) is 72.7 Å². The van der Waals surface area contributed by atoms with Crippen molar-refractivity contribution in [3.05, 3.63) is 0 Å². The Morgan fingerprint density at radius 1 is 1.06 bits per heavy atom. The van der Waals surface area contributed by atoms with E-state index in [0.29, 0.717) is 5.41 Å². The van der Waals surface area contributed by atoms with Gasteiger partial charge in [0.1, 0.15) is 0 Å². The molecule has 1 atom stereocenters. The zero-order valence-corrected chi connectivity index (χ0v) is 12.7. The number of rotatable bonds is 2. The summed E-state index contributed by atoms with van der Waals surface area (Å²) in [5, 5.41) is 0. The Bertz CT molecular complexity index is 289. The molecule has 0 radical (unpaired) electrons. The SMILES string of the molecule is CSN1CCC2(CC1)CCN(C1CCN(C)C1)C2. The molecule has 0 amide bonds. The molecule has 0 aromatic carbocycles. The molecule has 0 saturated carbocycles. The quantitative estimate of drug-likeness (QED) is 0.706. The van der Waals surface area contributed by atoms with Crippen molar-refractivity contribution in [3.8, 4) is 0 Å². The van der Waals surface area contributed by atoms with Crippen LogP contribution in [0.4, 0.5) is 0 Å². The maximum Gasteiger partial charge on any atom is 0.0235 e. The van der Waals surface area contributed by atoms with Crippen molar-refractivity contribution in [2.24, 2.45) is 5.41 Å². The predicted octanol–water partition coefficient (Wildman–Crippen LogP) is 1.76. The summed E-state index contributed by atoms with van der Waals surface area (Å²) in [5.41, 5.74) is 0.674. The third kappa shape index (κ3) is 2.58. The third-order valence-electron chi connectivity index (χ3n) is 5.39. The maximum absolute atomic E-state index is 2.80. The summed E-state index contributed by atoms with van der Waals surface area (Å²) in [6.07, 6.45) is 7.91. The number of hydrogen-bond acceptors (Lipinski definition) is 4. The molecule has 4 heteroatoms. The molecule has 0 aromatic heterocycles. The third-order valence-corrected chi connectivity index (χ3v) is 6.27. The smallest absolute Gasteiger partial charge is 0.0235 e. The van der Waals surface area contributed by atoms with E-state index in [1.54, 1.807) is 0 Å². The van der Waals surface area contributed by atoms with Crippen LogP contribution in [-0.2, 0) is 0 Å². The molecule has 3 nitrogen and oxygen atoms in total. The summed E-state index contributed by atoms with van der Waals surface area (Å²) < 4.78 is 2.54. The Balaban J connectivity index is 1.55. The number of likely N-dealkylation sites (tertiary alicyclic amines) is 2. The summed E-state index contributed by atoms with van der Waals surface area (Å²) in [7, 11) is 2.27. The minimum absolute atomic E-state index is 0.674. The van der Waals surface area contributed by atoms with Gasteiger partial charge in [-0.3, -0.25) is 9.21 Å². The predicted molar refractivity (Wildman–Crippen MR) is 78.8 cm³/mol. The Labute approximate surface area is 116 Å². The van der Waals surface area contributed by atoms with E-state index in [0.717, 1.165) is 6.04 Å². The molecular weight excluding hydrogens is 242 g/mol. The van der Waals surface area contributed by atoms with Gasteiger partial charge in [-0.05, 0) is 57.5 Å². The van der Waals surface area contributed by atoms with Crippen LogP contribution in [0, 0.1) is 5.41 Å². The van der Waals surface area contributed by atoms with E-state index in [4.69, 9.17) is 0 Å². The highest BCUT2D eigenvalue weighted by Crippen LogP contribution is 2.42. The van der Waals surface area contributed by atoms with Crippen LogP contribution < -0.4 is 0 Å². The first-order valence-electron chi connectivity index (χ1n) is 7.42. The first kappa shape index (κ1) is 13.2. The molecule has 18 heavy (non-hydrogen) atoms. The minimum atomic E-state index is 0.674. The fraction of sp³-hybridized carbons (Fsp3) is 1.00. The average molecular weight is 269 g/mol. The molecule has 3 rings (SSSR count). The van der Waals surface area contributed by atoms with Gasteiger partial charge in [-0.25, -0.2) is 0 Å². The zero-order chi connectivity index (χ0) is 12.6. The van der Waals surface area contributed by atoms with E-state index in [2.05, 4.69) is 27.4 Å². The Kier molecular flexibility index (Phi) is 3.90. The largest absolute Gasteiger partial charge is 0.305 e. The van der Waals surface area contributed by atoms with Gasteiger partial charge in [0.05, 0.1) is 0 Å². The lowest BCUT2D eigenvalue weighted by Gasteiger charge is -2.38. The van der Waals surface area contributed by atoms with E-state index in [1.165, 1.54) is 65.0 Å². The topological polar surface area (TPSA) is 9.72 Å². The molecule has 0 N–H and O–H groups in total. The van der Waals surface area contributed by atoms with Crippen molar-refractivity contribution in [2.45, 2.75) is 31.7 Å². The fourth-order valence-corrected chi connectivity index (χ4v) is 4.59. The molecule has 1 spiro atoms. The maximum atomic E-state index is 2.80. The lowest BCUT2D eigenvalue weighted by Crippen LogP contribution is -2.41. The van der Waals surface area contributed by atoms with Crippen LogP contribution in [0.25, 0.3) is 0 Å². The van der Waals surface area contributed by atoms with Crippen molar-refractivity contribution in [2.75, 3.05) is 52.6 Å². The molecule has 3 fully saturated rings. The average Bonchev–Trinajstić information content (AvgIpc) is 2.98. The summed E-state index contributed by atoms with van der Waals surface area (Å²) in [6.45, 7) is 7.95. The highest BCUT2D eigenvalue weighted by atomic mass is 32.2. The summed E-state index contributed by atoms with van der Waals surface area (Å²) in [4.78, 5) is 5.30. The molecule has 3 heterocycles. The number of likely N-dealkylation sites (N-methyl/N-ethyl adjacent to an activating group) is 1. The van der Waals surface area contributed by atoms with Crippen LogP contribution in [0.1, 0.15) is 25.7 Å². The summed E-state index contributed by atoms with van der Waals surface area (Å²) in [6, 6.07) is 0.855. The van der Waals surface area contributed by atoms with Crippen LogP contribution in [0.5, 0.6) is 0 Å². The molecule has 3 aliphatic heterocycles. The number of nitrogens with zero attached hydrogens (tertiary/aromatic N) is 3. The Morgan fingerprint density at radius 3 is 2.39 bits per heavy atom. The molecule has 3 saturated heterocycles. The van der Waals surface area contributed by atoms with Gasteiger partial charge < -0.3 is 4.90 Å². The Hall–Kier alpha value is 0.230. The van der Waals surface area contributed by atoms with Gasteiger partial charge in [0.2, 0.25) is 0 Å². The molecule has 0 bridgehead atoms. The van der Waals surface area contributed by atoms with Crippen molar-refractivity contribution in [1.82, 2.24) is 14.1 Å². The lowest BCUT2D eigenvalue weighted by atomic mass is 9.78. The molecule has 0 aliphatic carbocycles. The fourth-order valence-electron chi connectivity index (χ4n) is 4.04. The van der Waals surface area contributed by atoms with Crippen molar-refractivity contribution < 1.29 is 0 Å². The summed E-state index contributed by atoms with van der Waals surface area (Å²) in [5.74, 6) is 0. The van der Waals surface area contributed by atoms with Gasteiger partial charge in [-0.2, -0.15) is 0 Å². The van der Waals surface area contributed by atoms with Crippen LogP contribution in [0.3, 0.4) is 0 Å². The standard InChI is InChI=1S/C14H27N3S/c1-15-7-3-13(11-15)16-8-4-14(12-16)5-9-17(18-2)10-6-14/h13H,3-12H2,1-2H3. The first-order valence-corrected chi connectivity index (χ1v) is 8.61. The van der Waals surface area contributed by atoms with E-state index >= 15 is 0 Å². The van der Waals surface area contributed by atoms with E-state index in [9.17, 15) is 0 Å². The van der Waals surface area contributed by atoms with E-state index < -0.39 is 0 Å². The van der Waals surface area contributed by atoms with Gasteiger partial charge in [0, 0.05) is 32.2 Å². The van der Waals surface area contributed by atoms with Crippen molar-refractivity contribution in [3.63, 3.8) is 0 Å². The van der Waals surface area contributed by atoms with E-state index in [1.807, 2.05) is 11.9 Å². The normalized spacial score (nSPS) is 34.7. The molecule has 0 aromatic rings. The monoisotopic (exact) mass is 269 g/mol. The second-order valence-corrected chi connectivity index (χ2v) is 7.42. The highest BCUT2D eigenvalue weighted by molar-refractivity contribution is 7.96. The second-order valence-electron chi connectivity index (χ2n) is 6.54. The van der Waals surface area contributed by atoms with Crippen LogP contribution in [0.15, 0.2) is 0 Å². The molecular formula is C14H27N3S. The van der Waals surface area contributed by atoms with Gasteiger partial charge in [-0.15, -0.1) is 0 Å². The lowest BCUT2D eigenvalue weighted by molar-refractivity contribution is 0.145. The van der Waals surface area contributed by atoms with Crippen molar-refractivity contribution >= 4 is 11.9 Å². The minimum Gasteiger partial charge on any atom is -0.305 e. The zero-order valence-electron chi connectivity index (χ0n) is 11.9. The number of hydrogen-bond donors (Lipinski definition) is 0. The number of piperidine rings is 1. The molecule has 3 aliphatic rings. The van der Waals surface area contributed by atoms with Crippen LogP contribution in [0.2, 0.25) is 0 Å². The van der Waals surface area contributed by atoms with Gasteiger partial charge in [0.15, 0.2) is 0 Å². The van der Waals surface area contributed by atoms with Gasteiger partial charge >= 0.3 is 0 Å². The van der Waals surface area contributed by atoms with Crippen molar-refractivity contribution in [1.29, 1.82) is 0 Å².